The minimum atomic E-state index is -0.910. The van der Waals surface area contributed by atoms with E-state index in [0.29, 0.717) is 36.9 Å². The molecule has 2 saturated carbocycles. The lowest BCUT2D eigenvalue weighted by atomic mass is 9.92. The summed E-state index contributed by atoms with van der Waals surface area (Å²) in [5, 5.41) is 6.65. The normalized spacial score (nSPS) is 21.4. The van der Waals surface area contributed by atoms with Gasteiger partial charge in [-0.15, -0.1) is 0 Å². The van der Waals surface area contributed by atoms with Gasteiger partial charge in [-0.1, -0.05) is 25.0 Å². The van der Waals surface area contributed by atoms with Gasteiger partial charge in [-0.25, -0.2) is 4.79 Å². The van der Waals surface area contributed by atoms with Gasteiger partial charge in [0.25, 0.3) is 0 Å². The van der Waals surface area contributed by atoms with Crippen LogP contribution in [0.15, 0.2) is 24.3 Å². The van der Waals surface area contributed by atoms with Crippen molar-refractivity contribution in [2.24, 2.45) is 17.8 Å². The molecule has 3 atom stereocenters. The Balaban J connectivity index is 1.30. The molecule has 2 heterocycles. The van der Waals surface area contributed by atoms with Gasteiger partial charge in [0.05, 0.1) is 12.8 Å². The lowest BCUT2D eigenvalue weighted by molar-refractivity contribution is -0.146. The second kappa shape index (κ2) is 9.84. The molecular weight excluding hydrogens is 446 g/mol. The van der Waals surface area contributed by atoms with Crippen molar-refractivity contribution >= 4 is 34.5 Å². The Labute approximate surface area is 204 Å². The molecule has 0 bridgehead atoms. The van der Waals surface area contributed by atoms with Gasteiger partial charge in [0.1, 0.15) is 6.04 Å². The molecular formula is C27H33N3O5. The monoisotopic (exact) mass is 479 g/mol. The molecule has 8 heteroatoms. The topological polar surface area (TPSA) is 117 Å². The quantitative estimate of drug-likeness (QED) is 0.338. The number of fused-ring (bicyclic) bond motifs is 1. The van der Waals surface area contributed by atoms with Crippen LogP contribution >= 0.6 is 0 Å². The van der Waals surface area contributed by atoms with Crippen LogP contribution < -0.4 is 10.6 Å². The highest BCUT2D eigenvalue weighted by Crippen LogP contribution is 2.43. The molecule has 3 aliphatic rings. The molecule has 1 aromatic carbocycles. The molecule has 0 radical (unpaired) electrons. The van der Waals surface area contributed by atoms with Crippen LogP contribution in [0.5, 0.6) is 0 Å². The summed E-state index contributed by atoms with van der Waals surface area (Å²) < 4.78 is 4.89. The highest BCUT2D eigenvalue weighted by molar-refractivity contribution is 6.02. The molecule has 2 aromatic rings. The highest BCUT2D eigenvalue weighted by Gasteiger charge is 2.36. The molecule has 1 saturated heterocycles. The van der Waals surface area contributed by atoms with Crippen molar-refractivity contribution in [1.29, 1.82) is 0 Å². The standard InChI is InChI=1S/C27H33N3O5/c1-35-27(34)23(12-17-9-10-28-25(17)32)30-26(33)18(11-15-5-6-15)13-24(31)22-14-20-19(16-7-8-16)3-2-4-21(20)29-22/h2-4,14-18,23,29H,5-13H2,1H3,(H,28,32)(H,30,33)/t17-,18+,23-/m0/s1. The summed E-state index contributed by atoms with van der Waals surface area (Å²) in [6.07, 6.45) is 5.97. The van der Waals surface area contributed by atoms with Gasteiger partial charge < -0.3 is 20.4 Å². The zero-order valence-electron chi connectivity index (χ0n) is 20.1. The summed E-state index contributed by atoms with van der Waals surface area (Å²) in [7, 11) is 1.27. The van der Waals surface area contributed by atoms with Crippen molar-refractivity contribution in [3.05, 3.63) is 35.5 Å². The van der Waals surface area contributed by atoms with Crippen LogP contribution in [-0.4, -0.2) is 48.2 Å². The van der Waals surface area contributed by atoms with E-state index in [2.05, 4.69) is 21.7 Å². The van der Waals surface area contributed by atoms with Gasteiger partial charge in [-0.2, -0.15) is 0 Å². The molecule has 5 rings (SSSR count). The molecule has 186 valence electrons. The largest absolute Gasteiger partial charge is 0.467 e. The van der Waals surface area contributed by atoms with Gasteiger partial charge in [-0.3, -0.25) is 14.4 Å². The molecule has 3 fully saturated rings. The Morgan fingerprint density at radius 1 is 1.11 bits per heavy atom. The van der Waals surface area contributed by atoms with E-state index >= 15 is 0 Å². The number of esters is 1. The summed E-state index contributed by atoms with van der Waals surface area (Å²) in [4.78, 5) is 54.2. The van der Waals surface area contributed by atoms with Crippen molar-refractivity contribution in [3.8, 4) is 0 Å². The third-order valence-corrected chi connectivity index (χ3v) is 7.62. The van der Waals surface area contributed by atoms with Crippen molar-refractivity contribution in [2.45, 2.75) is 63.3 Å². The molecule has 2 aliphatic carbocycles. The Hall–Kier alpha value is -3.16. The number of Topliss-reactive ketones (excluding diaryl/α,β-unsaturated/α-hetero) is 1. The number of amides is 2. The molecule has 0 unspecified atom stereocenters. The minimum Gasteiger partial charge on any atom is -0.467 e. The number of methoxy groups -OCH3 is 1. The van der Waals surface area contributed by atoms with Crippen LogP contribution in [0.3, 0.4) is 0 Å². The molecule has 1 aromatic heterocycles. The Morgan fingerprint density at radius 3 is 2.57 bits per heavy atom. The van der Waals surface area contributed by atoms with E-state index in [1.165, 1.54) is 25.5 Å². The first-order valence-corrected chi connectivity index (χ1v) is 12.7. The van der Waals surface area contributed by atoms with E-state index in [1.54, 1.807) is 0 Å². The summed E-state index contributed by atoms with van der Waals surface area (Å²) >= 11 is 0. The number of hydrogen-bond acceptors (Lipinski definition) is 5. The fourth-order valence-corrected chi connectivity index (χ4v) is 5.25. The Morgan fingerprint density at radius 2 is 1.91 bits per heavy atom. The van der Waals surface area contributed by atoms with E-state index in [1.807, 2.05) is 18.2 Å². The lowest BCUT2D eigenvalue weighted by Crippen LogP contribution is -2.46. The van der Waals surface area contributed by atoms with Gasteiger partial charge in [0.15, 0.2) is 5.78 Å². The maximum absolute atomic E-state index is 13.3. The van der Waals surface area contributed by atoms with Crippen molar-refractivity contribution < 1.29 is 23.9 Å². The zero-order valence-corrected chi connectivity index (χ0v) is 20.1. The van der Waals surface area contributed by atoms with E-state index < -0.39 is 17.9 Å². The Kier molecular flexibility index (Phi) is 6.62. The maximum Gasteiger partial charge on any atom is 0.328 e. The summed E-state index contributed by atoms with van der Waals surface area (Å²) in [5.41, 5.74) is 2.75. The Bertz CT molecular complexity index is 1150. The second-order valence-electron chi connectivity index (χ2n) is 10.4. The number of nitrogens with one attached hydrogen (secondary N) is 3. The van der Waals surface area contributed by atoms with Crippen LogP contribution in [0.4, 0.5) is 0 Å². The van der Waals surface area contributed by atoms with Gasteiger partial charge >= 0.3 is 5.97 Å². The smallest absolute Gasteiger partial charge is 0.328 e. The third-order valence-electron chi connectivity index (χ3n) is 7.62. The number of benzene rings is 1. The average Bonchev–Trinajstić information content (AvgIpc) is 3.78. The first kappa shape index (κ1) is 23.6. The number of aromatic nitrogens is 1. The summed E-state index contributed by atoms with van der Waals surface area (Å²) in [6.45, 7) is 0.567. The SMILES string of the molecule is COC(=O)[C@H](C[C@@H]1CCNC1=O)NC(=O)[C@@H](CC(=O)c1cc2c(C3CC3)cccc2[nH]1)CC1CC1. The third kappa shape index (κ3) is 5.41. The number of hydrogen-bond donors (Lipinski definition) is 3. The number of ether oxygens (including phenoxy) is 1. The van der Waals surface area contributed by atoms with Gasteiger partial charge in [0, 0.05) is 35.7 Å². The number of rotatable bonds is 11. The number of aromatic amines is 1. The van der Waals surface area contributed by atoms with Crippen molar-refractivity contribution in [1.82, 2.24) is 15.6 Å². The van der Waals surface area contributed by atoms with Crippen LogP contribution in [0.25, 0.3) is 10.9 Å². The van der Waals surface area contributed by atoms with Crippen molar-refractivity contribution in [3.63, 3.8) is 0 Å². The van der Waals surface area contributed by atoms with E-state index in [-0.39, 0.29) is 36.4 Å². The van der Waals surface area contributed by atoms with Crippen molar-refractivity contribution in [2.75, 3.05) is 13.7 Å². The lowest BCUT2D eigenvalue weighted by Gasteiger charge is -2.22. The fourth-order valence-electron chi connectivity index (χ4n) is 5.25. The maximum atomic E-state index is 13.3. The zero-order chi connectivity index (χ0) is 24.5. The molecule has 1 aliphatic heterocycles. The molecule has 0 spiro atoms. The number of H-pyrrole nitrogens is 1. The predicted octanol–water partition coefficient (Wildman–Crippen LogP) is 3.22. The first-order chi connectivity index (χ1) is 16.9. The second-order valence-corrected chi connectivity index (χ2v) is 10.4. The van der Waals surface area contributed by atoms with Crippen LogP contribution in [0, 0.1) is 17.8 Å². The number of ketones is 1. The minimum absolute atomic E-state index is 0.0751. The fraction of sp³-hybridized carbons (Fsp3) is 0.556. The molecule has 3 N–H and O–H groups in total. The molecule has 2 amide bonds. The van der Waals surface area contributed by atoms with E-state index in [0.717, 1.165) is 23.7 Å². The van der Waals surface area contributed by atoms with Crippen LogP contribution in [0.2, 0.25) is 0 Å². The summed E-state index contributed by atoms with van der Waals surface area (Å²) in [5.74, 6) is -0.978. The number of carbonyl (C=O) groups excluding carboxylic acids is 4. The highest BCUT2D eigenvalue weighted by atomic mass is 16.5. The predicted molar refractivity (Wildman–Crippen MR) is 130 cm³/mol. The van der Waals surface area contributed by atoms with Crippen LogP contribution in [0.1, 0.15) is 73.3 Å². The molecule has 8 nitrogen and oxygen atoms in total. The average molecular weight is 480 g/mol. The molecule has 35 heavy (non-hydrogen) atoms. The first-order valence-electron chi connectivity index (χ1n) is 12.7. The summed E-state index contributed by atoms with van der Waals surface area (Å²) in [6, 6.07) is 7.14. The van der Waals surface area contributed by atoms with Gasteiger partial charge in [0.2, 0.25) is 11.8 Å². The van der Waals surface area contributed by atoms with Gasteiger partial charge in [-0.05, 0) is 61.6 Å². The van der Waals surface area contributed by atoms with Crippen LogP contribution in [-0.2, 0) is 19.1 Å². The van der Waals surface area contributed by atoms with E-state index in [9.17, 15) is 19.2 Å². The number of carbonyl (C=O) groups is 4. The van der Waals surface area contributed by atoms with E-state index in [4.69, 9.17) is 4.74 Å².